The van der Waals surface area contributed by atoms with Gasteiger partial charge < -0.3 is 29.7 Å². The Balaban J connectivity index is 1.22. The number of nitrogens with one attached hydrogen (secondary N) is 3. The second kappa shape index (κ2) is 16.8. The number of fused-ring (bicyclic) bond motifs is 1. The van der Waals surface area contributed by atoms with Crippen LogP contribution in [0.2, 0.25) is 0 Å². The van der Waals surface area contributed by atoms with Crippen molar-refractivity contribution in [2.24, 2.45) is 11.8 Å². The third kappa shape index (κ3) is 9.66. The maximum Gasteiger partial charge on any atom is 0.408 e. The molecule has 59 heavy (non-hydrogen) atoms. The molecule has 4 amide bonds. The summed E-state index contributed by atoms with van der Waals surface area (Å²) in [6.45, 7) is 9.02. The molecule has 4 fully saturated rings. The van der Waals surface area contributed by atoms with E-state index >= 15 is 0 Å². The van der Waals surface area contributed by atoms with Crippen LogP contribution in [0.4, 0.5) is 4.79 Å². The molecule has 14 nitrogen and oxygen atoms in total. The summed E-state index contributed by atoms with van der Waals surface area (Å²) in [5.41, 5.74) is -0.256. The van der Waals surface area contributed by atoms with Crippen molar-refractivity contribution < 1.29 is 41.8 Å². The molecular formula is C44H55N5O9S. The summed E-state index contributed by atoms with van der Waals surface area (Å²) in [4.78, 5) is 62.7. The summed E-state index contributed by atoms with van der Waals surface area (Å²) in [6, 6.07) is 14.8. The summed E-state index contributed by atoms with van der Waals surface area (Å²) in [5.74, 6) is -1.22. The Bertz CT molecular complexity index is 2200. The van der Waals surface area contributed by atoms with Crippen LogP contribution >= 0.6 is 0 Å². The van der Waals surface area contributed by atoms with E-state index in [9.17, 15) is 27.6 Å². The van der Waals surface area contributed by atoms with Crippen molar-refractivity contribution in [2.45, 2.75) is 120 Å². The molecular weight excluding hydrogens is 775 g/mol. The molecule has 3 aliphatic carbocycles. The quantitative estimate of drug-likeness (QED) is 0.168. The van der Waals surface area contributed by atoms with Gasteiger partial charge in [-0.25, -0.2) is 18.2 Å². The first kappa shape index (κ1) is 42.0. The number of hydrogen-bond acceptors (Lipinski definition) is 10. The SMILES string of the molecule is C=CC1CC1(NC(=O)C1CC(Oc2cc(-c3ccccc3)nc3cc(OC)ccc23)CN1C(=O)C(CC1CCCCC1)NC(=O)OC(C)(C)C)C(=O)NS(=O)(=O)C1CC1. The minimum absolute atomic E-state index is 0.0190. The van der Waals surface area contributed by atoms with Crippen LogP contribution in [0.25, 0.3) is 22.2 Å². The van der Waals surface area contributed by atoms with E-state index in [1.54, 1.807) is 33.9 Å². The zero-order valence-electron chi connectivity index (χ0n) is 34.2. The van der Waals surface area contributed by atoms with Gasteiger partial charge in [-0.1, -0.05) is 68.5 Å². The second-order valence-electron chi connectivity index (χ2n) is 17.4. The fourth-order valence-corrected chi connectivity index (χ4v) is 9.72. The summed E-state index contributed by atoms with van der Waals surface area (Å²) >= 11 is 0. The topological polar surface area (TPSA) is 182 Å². The molecule has 5 unspecified atom stereocenters. The third-order valence-corrected chi connectivity index (χ3v) is 13.5. The number of likely N-dealkylation sites (tertiary alicyclic amines) is 1. The molecule has 1 aromatic heterocycles. The Morgan fingerprint density at radius 1 is 1.02 bits per heavy atom. The van der Waals surface area contributed by atoms with Crippen LogP contribution in [-0.2, 0) is 29.1 Å². The molecule has 7 rings (SSSR count). The van der Waals surface area contributed by atoms with Crippen molar-refractivity contribution in [1.29, 1.82) is 0 Å². The number of ether oxygens (including phenoxy) is 3. The van der Waals surface area contributed by atoms with E-state index in [2.05, 4.69) is 21.9 Å². The average molecular weight is 830 g/mol. The summed E-state index contributed by atoms with van der Waals surface area (Å²) in [6.07, 6.45) is 6.48. The highest BCUT2D eigenvalue weighted by molar-refractivity contribution is 7.91. The second-order valence-corrected chi connectivity index (χ2v) is 19.3. The van der Waals surface area contributed by atoms with Crippen molar-refractivity contribution in [3.05, 3.63) is 67.3 Å². The smallest absolute Gasteiger partial charge is 0.408 e. The first-order valence-corrected chi connectivity index (χ1v) is 22.2. The van der Waals surface area contributed by atoms with Gasteiger partial charge in [-0.15, -0.1) is 6.58 Å². The summed E-state index contributed by atoms with van der Waals surface area (Å²) in [5, 5.41) is 5.73. The molecule has 15 heteroatoms. The van der Waals surface area contributed by atoms with Gasteiger partial charge in [0.25, 0.3) is 5.91 Å². The first-order chi connectivity index (χ1) is 28.1. The lowest BCUT2D eigenvalue weighted by atomic mass is 9.84. The van der Waals surface area contributed by atoms with Crippen LogP contribution in [-0.4, -0.2) is 90.3 Å². The molecule has 2 heterocycles. The van der Waals surface area contributed by atoms with Crippen molar-refractivity contribution >= 4 is 44.7 Å². The highest BCUT2D eigenvalue weighted by Gasteiger charge is 2.62. The molecule has 0 radical (unpaired) electrons. The Kier molecular flexibility index (Phi) is 12.0. The number of benzene rings is 2. The van der Waals surface area contributed by atoms with Gasteiger partial charge in [0.15, 0.2) is 0 Å². The molecule has 0 bridgehead atoms. The minimum Gasteiger partial charge on any atom is -0.497 e. The van der Waals surface area contributed by atoms with Crippen LogP contribution < -0.4 is 24.8 Å². The van der Waals surface area contributed by atoms with Gasteiger partial charge in [0.1, 0.15) is 40.8 Å². The number of sulfonamides is 1. The molecule has 3 saturated carbocycles. The van der Waals surface area contributed by atoms with Gasteiger partial charge in [-0.2, -0.15) is 0 Å². The number of alkyl carbamates (subject to hydrolysis) is 1. The summed E-state index contributed by atoms with van der Waals surface area (Å²) in [7, 11) is -2.34. The Morgan fingerprint density at radius 2 is 1.75 bits per heavy atom. The van der Waals surface area contributed by atoms with Crippen LogP contribution in [0.1, 0.15) is 85.0 Å². The zero-order chi connectivity index (χ0) is 42.1. The highest BCUT2D eigenvalue weighted by atomic mass is 32.2. The zero-order valence-corrected chi connectivity index (χ0v) is 35.0. The molecule has 1 saturated heterocycles. The number of amides is 4. The number of carbonyl (C=O) groups is 4. The number of nitrogens with zero attached hydrogens (tertiary/aromatic N) is 2. The largest absolute Gasteiger partial charge is 0.497 e. The highest BCUT2D eigenvalue weighted by Crippen LogP contribution is 2.46. The summed E-state index contributed by atoms with van der Waals surface area (Å²) < 4.78 is 45.7. The molecule has 1 aliphatic heterocycles. The number of hydrogen-bond donors (Lipinski definition) is 3. The van der Waals surface area contributed by atoms with E-state index in [-0.39, 0.29) is 25.3 Å². The molecule has 3 aromatic rings. The van der Waals surface area contributed by atoms with Crippen LogP contribution in [0.15, 0.2) is 67.3 Å². The minimum atomic E-state index is -3.91. The van der Waals surface area contributed by atoms with Crippen molar-refractivity contribution in [3.63, 3.8) is 0 Å². The van der Waals surface area contributed by atoms with Crippen LogP contribution in [0.3, 0.4) is 0 Å². The fourth-order valence-electron chi connectivity index (χ4n) is 8.36. The molecule has 5 atom stereocenters. The maximum absolute atomic E-state index is 14.9. The van der Waals surface area contributed by atoms with Gasteiger partial charge in [0.2, 0.25) is 21.8 Å². The number of methoxy groups -OCH3 is 1. The van der Waals surface area contributed by atoms with E-state index < -0.39 is 74.3 Å². The van der Waals surface area contributed by atoms with Crippen LogP contribution in [0.5, 0.6) is 11.5 Å². The third-order valence-electron chi connectivity index (χ3n) is 11.7. The maximum atomic E-state index is 14.9. The molecule has 2 aromatic carbocycles. The van der Waals surface area contributed by atoms with Crippen molar-refractivity contribution in [3.8, 4) is 22.8 Å². The predicted molar refractivity (Wildman–Crippen MR) is 222 cm³/mol. The lowest BCUT2D eigenvalue weighted by Crippen LogP contribution is -2.58. The van der Waals surface area contributed by atoms with Crippen molar-refractivity contribution in [1.82, 2.24) is 25.2 Å². The van der Waals surface area contributed by atoms with Crippen molar-refractivity contribution in [2.75, 3.05) is 13.7 Å². The Hall–Kier alpha value is -5.18. The normalized spacial score (nSPS) is 23.8. The van der Waals surface area contributed by atoms with E-state index in [4.69, 9.17) is 19.2 Å². The van der Waals surface area contributed by atoms with Gasteiger partial charge in [0.05, 0.1) is 30.1 Å². The number of pyridine rings is 1. The van der Waals surface area contributed by atoms with Gasteiger partial charge in [0, 0.05) is 35.4 Å². The van der Waals surface area contributed by atoms with E-state index in [0.29, 0.717) is 47.4 Å². The monoisotopic (exact) mass is 829 g/mol. The van der Waals surface area contributed by atoms with Gasteiger partial charge in [-0.05, 0) is 64.5 Å². The van der Waals surface area contributed by atoms with E-state index in [1.165, 1.54) is 11.0 Å². The van der Waals surface area contributed by atoms with E-state index in [0.717, 1.165) is 37.7 Å². The average Bonchev–Trinajstić information content (AvgIpc) is 4.14. The number of rotatable bonds is 14. The molecule has 316 valence electrons. The Labute approximate surface area is 345 Å². The standard InChI is InChI=1S/C44H55N5O9S/c1-6-29-25-44(29,41(52)48-59(54,55)32-18-19-32)47-39(50)37-23-31(26-49(37)40(51)36(21-27-13-9-7-10-14-27)46-42(53)58-43(2,3)4)57-38-24-34(28-15-11-8-12-16-28)45-35-22-30(56-5)17-20-33(35)38/h6,8,11-12,15-17,20,22,24,27,29,31-32,36-37H,1,7,9-10,13-14,18-19,21,23,25-26H2,2-5H3,(H,46,53)(H,47,50)(H,48,52). The van der Waals surface area contributed by atoms with Gasteiger partial charge in [-0.3, -0.25) is 19.1 Å². The number of carbonyl (C=O) groups excluding carboxylic acids is 4. The number of aromatic nitrogens is 1. The Morgan fingerprint density at radius 3 is 2.39 bits per heavy atom. The van der Waals surface area contributed by atoms with E-state index in [1.807, 2.05) is 48.5 Å². The lowest BCUT2D eigenvalue weighted by molar-refractivity contribution is -0.141. The molecule has 3 N–H and O–H groups in total. The van der Waals surface area contributed by atoms with Crippen LogP contribution in [0, 0.1) is 11.8 Å². The first-order valence-electron chi connectivity index (χ1n) is 20.6. The fraction of sp³-hybridized carbons (Fsp3) is 0.523. The predicted octanol–water partition coefficient (Wildman–Crippen LogP) is 5.79. The molecule has 0 spiro atoms. The lowest BCUT2D eigenvalue weighted by Gasteiger charge is -2.32. The van der Waals surface area contributed by atoms with Gasteiger partial charge >= 0.3 is 6.09 Å². The molecule has 4 aliphatic rings.